The summed E-state index contributed by atoms with van der Waals surface area (Å²) >= 11 is 0. The maximum atomic E-state index is 12.3. The highest BCUT2D eigenvalue weighted by molar-refractivity contribution is 5.81. The second-order valence-electron chi connectivity index (χ2n) is 11.6. The number of nitrogens with zero attached hydrogens (tertiary/aromatic N) is 2. The van der Waals surface area contributed by atoms with Crippen LogP contribution in [0.25, 0.3) is 33.5 Å². The van der Waals surface area contributed by atoms with Crippen LogP contribution in [0.15, 0.2) is 127 Å². The van der Waals surface area contributed by atoms with Crippen LogP contribution in [0.3, 0.4) is 0 Å². The monoisotopic (exact) mass is 582 g/mol. The van der Waals surface area contributed by atoms with Crippen LogP contribution in [-0.2, 0) is 17.9 Å². The summed E-state index contributed by atoms with van der Waals surface area (Å²) < 4.78 is 19.2. The molecule has 0 unspecified atom stereocenters. The van der Waals surface area contributed by atoms with Crippen molar-refractivity contribution in [2.75, 3.05) is 0 Å². The summed E-state index contributed by atoms with van der Waals surface area (Å²) in [5.74, 6) is 2.15. The van der Waals surface area contributed by atoms with E-state index in [-0.39, 0.29) is 0 Å². The van der Waals surface area contributed by atoms with E-state index in [0.717, 1.165) is 50.4 Å². The Morgan fingerprint density at radius 3 is 2.11 bits per heavy atom. The minimum Gasteiger partial charge on any atom is -0.489 e. The van der Waals surface area contributed by atoms with Crippen LogP contribution in [0.4, 0.5) is 4.79 Å². The van der Waals surface area contributed by atoms with Gasteiger partial charge in [-0.05, 0) is 79.9 Å². The van der Waals surface area contributed by atoms with Gasteiger partial charge in [0, 0.05) is 17.7 Å². The number of hydrogen-bond acceptors (Lipinski definition) is 5. The molecule has 0 N–H and O–H groups in total. The van der Waals surface area contributed by atoms with Crippen molar-refractivity contribution >= 4 is 17.2 Å². The average Bonchev–Trinajstić information content (AvgIpc) is 3.39. The van der Waals surface area contributed by atoms with Crippen LogP contribution in [0.5, 0.6) is 11.5 Å². The number of fused-ring (bicyclic) bond motifs is 1. The molecule has 1 heterocycles. The van der Waals surface area contributed by atoms with Gasteiger partial charge in [0.15, 0.2) is 0 Å². The number of hydrogen-bond donors (Lipinski definition) is 0. The van der Waals surface area contributed by atoms with Crippen molar-refractivity contribution in [3.8, 4) is 34.0 Å². The third-order valence-corrected chi connectivity index (χ3v) is 7.09. The number of para-hydroxylation sites is 3. The summed E-state index contributed by atoms with van der Waals surface area (Å²) in [4.78, 5) is 17.3. The van der Waals surface area contributed by atoms with Gasteiger partial charge in [0.2, 0.25) is 0 Å². The fraction of sp³-hybridized carbons (Fsp3) is 0.158. The van der Waals surface area contributed by atoms with Crippen LogP contribution in [0, 0.1) is 0 Å². The van der Waals surface area contributed by atoms with E-state index in [4.69, 9.17) is 19.2 Å². The van der Waals surface area contributed by atoms with Crippen molar-refractivity contribution in [1.29, 1.82) is 0 Å². The van der Waals surface area contributed by atoms with Crippen LogP contribution in [0.1, 0.15) is 31.9 Å². The zero-order valence-corrected chi connectivity index (χ0v) is 25.1. The van der Waals surface area contributed by atoms with Gasteiger partial charge in [-0.3, -0.25) is 0 Å². The zero-order chi connectivity index (χ0) is 30.5. The molecule has 0 saturated heterocycles. The molecule has 6 aromatic rings. The molecule has 1 aromatic heterocycles. The quantitative estimate of drug-likeness (QED) is 0.132. The van der Waals surface area contributed by atoms with E-state index in [9.17, 15) is 4.79 Å². The summed E-state index contributed by atoms with van der Waals surface area (Å²) in [7, 11) is 0. The molecule has 0 fully saturated rings. The maximum Gasteiger partial charge on any atom is 0.514 e. The van der Waals surface area contributed by atoms with Crippen LogP contribution < -0.4 is 9.47 Å². The van der Waals surface area contributed by atoms with E-state index in [1.54, 1.807) is 6.07 Å². The van der Waals surface area contributed by atoms with Crippen molar-refractivity contribution in [2.24, 2.45) is 0 Å². The lowest BCUT2D eigenvalue weighted by Crippen LogP contribution is -2.26. The van der Waals surface area contributed by atoms with E-state index in [1.807, 2.05) is 99.6 Å². The third kappa shape index (κ3) is 6.81. The lowest BCUT2D eigenvalue weighted by molar-refractivity contribution is 0.0207. The Hall–Kier alpha value is -5.36. The molecule has 6 heteroatoms. The first kappa shape index (κ1) is 28.7. The minimum absolute atomic E-state index is 0.452. The van der Waals surface area contributed by atoms with Gasteiger partial charge in [-0.1, -0.05) is 84.9 Å². The Kier molecular flexibility index (Phi) is 8.15. The number of aromatic nitrogens is 2. The van der Waals surface area contributed by atoms with Gasteiger partial charge in [0.05, 0.1) is 11.0 Å². The van der Waals surface area contributed by atoms with Gasteiger partial charge in [-0.25, -0.2) is 9.78 Å². The van der Waals surface area contributed by atoms with E-state index < -0.39 is 11.8 Å². The van der Waals surface area contributed by atoms with Crippen molar-refractivity contribution in [3.05, 3.63) is 139 Å². The van der Waals surface area contributed by atoms with Crippen LogP contribution >= 0.6 is 0 Å². The highest BCUT2D eigenvalue weighted by atomic mass is 16.7. The van der Waals surface area contributed by atoms with Gasteiger partial charge in [-0.15, -0.1) is 0 Å². The molecule has 0 aliphatic rings. The zero-order valence-electron chi connectivity index (χ0n) is 25.1. The first-order valence-electron chi connectivity index (χ1n) is 14.6. The van der Waals surface area contributed by atoms with E-state index in [2.05, 4.69) is 47.0 Å². The molecular weight excluding hydrogens is 548 g/mol. The Morgan fingerprint density at radius 1 is 0.705 bits per heavy atom. The molecular formula is C38H34N2O4. The number of imidazole rings is 1. The summed E-state index contributed by atoms with van der Waals surface area (Å²) in [6.45, 7) is 6.59. The number of rotatable bonds is 8. The number of carbonyl (C=O) groups excluding carboxylic acids is 1. The van der Waals surface area contributed by atoms with Gasteiger partial charge in [0.1, 0.15) is 29.5 Å². The SMILES string of the molecule is CC(C)(C)OC(=O)Oc1ccccc1-c1ccc(Cn2c(-c3ccc(OCc4ccccc4)cc3)nc3ccccc32)cc1. The summed E-state index contributed by atoms with van der Waals surface area (Å²) in [6, 6.07) is 42.2. The topological polar surface area (TPSA) is 62.6 Å². The molecule has 0 saturated carbocycles. The molecule has 0 bridgehead atoms. The fourth-order valence-corrected chi connectivity index (χ4v) is 5.02. The Labute approximate surface area is 257 Å². The number of benzene rings is 5. The normalized spacial score (nSPS) is 11.3. The predicted molar refractivity (Wildman–Crippen MR) is 174 cm³/mol. The highest BCUT2D eigenvalue weighted by Crippen LogP contribution is 2.32. The van der Waals surface area contributed by atoms with Gasteiger partial charge in [-0.2, -0.15) is 0 Å². The minimum atomic E-state index is -0.725. The smallest absolute Gasteiger partial charge is 0.489 e. The van der Waals surface area contributed by atoms with E-state index >= 15 is 0 Å². The first-order valence-corrected chi connectivity index (χ1v) is 14.6. The standard InChI is InChI=1S/C38H34N2O4/c1-38(2,3)44-37(41)43-35-16-10-7-13-32(35)29-19-17-27(18-20-29)25-40-34-15-9-8-14-33(34)39-36(40)30-21-23-31(24-22-30)42-26-28-11-5-4-6-12-28/h4-24H,25-26H2,1-3H3. The number of ether oxygens (including phenoxy) is 3. The number of carbonyl (C=O) groups is 1. The molecule has 6 rings (SSSR count). The van der Waals surface area contributed by atoms with Crippen LogP contribution in [-0.4, -0.2) is 21.3 Å². The first-order chi connectivity index (χ1) is 21.3. The maximum absolute atomic E-state index is 12.3. The highest BCUT2D eigenvalue weighted by Gasteiger charge is 2.20. The molecule has 44 heavy (non-hydrogen) atoms. The van der Waals surface area contributed by atoms with Crippen molar-refractivity contribution in [3.63, 3.8) is 0 Å². The average molecular weight is 583 g/mol. The predicted octanol–water partition coefficient (Wildman–Crippen LogP) is 9.31. The lowest BCUT2D eigenvalue weighted by Gasteiger charge is -2.19. The summed E-state index contributed by atoms with van der Waals surface area (Å²) in [6.07, 6.45) is -0.725. The molecule has 0 aliphatic heterocycles. The molecule has 0 amide bonds. The fourth-order valence-electron chi connectivity index (χ4n) is 5.02. The van der Waals surface area contributed by atoms with Crippen molar-refractivity contribution < 1.29 is 19.0 Å². The molecule has 0 spiro atoms. The van der Waals surface area contributed by atoms with Crippen molar-refractivity contribution in [2.45, 2.75) is 39.5 Å². The van der Waals surface area contributed by atoms with Gasteiger partial charge < -0.3 is 18.8 Å². The van der Waals surface area contributed by atoms with Gasteiger partial charge in [0.25, 0.3) is 0 Å². The summed E-state index contributed by atoms with van der Waals surface area (Å²) in [5, 5.41) is 0. The van der Waals surface area contributed by atoms with Gasteiger partial charge >= 0.3 is 6.16 Å². The van der Waals surface area contributed by atoms with E-state index in [1.165, 1.54) is 0 Å². The van der Waals surface area contributed by atoms with E-state index in [0.29, 0.717) is 18.9 Å². The summed E-state index contributed by atoms with van der Waals surface area (Å²) in [5.41, 5.74) is 6.38. The largest absolute Gasteiger partial charge is 0.514 e. The molecule has 220 valence electrons. The lowest BCUT2D eigenvalue weighted by atomic mass is 10.0. The second-order valence-corrected chi connectivity index (χ2v) is 11.6. The Morgan fingerprint density at radius 2 is 1.36 bits per heavy atom. The molecule has 0 aliphatic carbocycles. The van der Waals surface area contributed by atoms with Crippen LogP contribution in [0.2, 0.25) is 0 Å². The molecule has 5 aromatic carbocycles. The third-order valence-electron chi connectivity index (χ3n) is 7.09. The van der Waals surface area contributed by atoms with Crippen molar-refractivity contribution in [1.82, 2.24) is 9.55 Å². The molecule has 6 nitrogen and oxygen atoms in total. The molecule has 0 radical (unpaired) electrons. The second kappa shape index (κ2) is 12.5. The molecule has 0 atom stereocenters. The Balaban J connectivity index is 1.23. The Bertz CT molecular complexity index is 1870.